The van der Waals surface area contributed by atoms with Crippen LogP contribution in [-0.4, -0.2) is 40.8 Å². The van der Waals surface area contributed by atoms with E-state index in [1.54, 1.807) is 6.33 Å². The highest BCUT2D eigenvalue weighted by atomic mass is 16.5. The lowest BCUT2D eigenvalue weighted by Gasteiger charge is -2.29. The van der Waals surface area contributed by atoms with Crippen molar-refractivity contribution in [1.29, 1.82) is 0 Å². The predicted octanol–water partition coefficient (Wildman–Crippen LogP) is 0.889. The molecule has 6 nitrogen and oxygen atoms in total. The van der Waals surface area contributed by atoms with Gasteiger partial charge in [0.05, 0.1) is 30.1 Å². The number of fused-ring (bicyclic) bond motifs is 1. The first-order chi connectivity index (χ1) is 9.65. The molecule has 1 saturated heterocycles. The summed E-state index contributed by atoms with van der Waals surface area (Å²) in [4.78, 5) is 16.5. The number of imidazole rings is 1. The first-order valence-corrected chi connectivity index (χ1v) is 6.72. The minimum absolute atomic E-state index is 0.0764. The molecular formula is C14H18N4O2. The molecule has 3 rings (SSSR count). The second-order valence-electron chi connectivity index (χ2n) is 5.06. The third kappa shape index (κ3) is 2.39. The number of morpholine rings is 1. The van der Waals surface area contributed by atoms with E-state index in [1.165, 1.54) is 0 Å². The number of hydrogen-bond acceptors (Lipinski definition) is 4. The van der Waals surface area contributed by atoms with Crippen molar-refractivity contribution in [3.63, 3.8) is 0 Å². The van der Waals surface area contributed by atoms with Crippen molar-refractivity contribution in [2.24, 2.45) is 7.05 Å². The van der Waals surface area contributed by atoms with Gasteiger partial charge in [-0.3, -0.25) is 4.79 Å². The van der Waals surface area contributed by atoms with Gasteiger partial charge in [0.2, 0.25) is 5.91 Å². The Morgan fingerprint density at radius 3 is 3.20 bits per heavy atom. The van der Waals surface area contributed by atoms with Crippen LogP contribution in [-0.2, 0) is 16.6 Å². The highest BCUT2D eigenvalue weighted by molar-refractivity contribution is 5.96. The Morgan fingerprint density at radius 1 is 1.55 bits per heavy atom. The van der Waals surface area contributed by atoms with E-state index in [4.69, 9.17) is 4.74 Å². The van der Waals surface area contributed by atoms with Crippen LogP contribution in [0, 0.1) is 0 Å². The molecule has 1 amide bonds. The number of aromatic nitrogens is 2. The molecule has 0 bridgehead atoms. The second-order valence-corrected chi connectivity index (χ2v) is 5.06. The molecule has 1 aromatic carbocycles. The number of amides is 1. The fourth-order valence-corrected chi connectivity index (χ4v) is 2.46. The zero-order valence-electron chi connectivity index (χ0n) is 11.6. The van der Waals surface area contributed by atoms with Crippen LogP contribution in [0.3, 0.4) is 0 Å². The Labute approximate surface area is 117 Å². The summed E-state index contributed by atoms with van der Waals surface area (Å²) in [6.07, 6.45) is 1.64. The van der Waals surface area contributed by atoms with E-state index in [-0.39, 0.29) is 18.1 Å². The predicted molar refractivity (Wildman–Crippen MR) is 76.5 cm³/mol. The summed E-state index contributed by atoms with van der Waals surface area (Å²) in [5.41, 5.74) is 2.66. The summed E-state index contributed by atoms with van der Waals surface area (Å²) in [7, 11) is 1.94. The van der Waals surface area contributed by atoms with Gasteiger partial charge in [-0.1, -0.05) is 0 Å². The largest absolute Gasteiger partial charge is 0.375 e. The van der Waals surface area contributed by atoms with E-state index in [0.717, 1.165) is 16.7 Å². The van der Waals surface area contributed by atoms with Crippen LogP contribution in [0.2, 0.25) is 0 Å². The molecule has 6 heteroatoms. The van der Waals surface area contributed by atoms with Gasteiger partial charge in [-0.15, -0.1) is 0 Å². The number of nitrogens with one attached hydrogen (secondary N) is 2. The van der Waals surface area contributed by atoms with Crippen LogP contribution >= 0.6 is 0 Å². The van der Waals surface area contributed by atoms with Crippen LogP contribution in [0.5, 0.6) is 0 Å². The average Bonchev–Trinajstić information content (AvgIpc) is 2.80. The number of nitrogens with zero attached hydrogens (tertiary/aromatic N) is 2. The molecule has 1 fully saturated rings. The van der Waals surface area contributed by atoms with Crippen LogP contribution < -0.4 is 10.6 Å². The molecular weight excluding hydrogens is 256 g/mol. The van der Waals surface area contributed by atoms with Crippen molar-refractivity contribution in [3.8, 4) is 0 Å². The van der Waals surface area contributed by atoms with E-state index < -0.39 is 0 Å². The fourth-order valence-electron chi connectivity index (χ4n) is 2.46. The van der Waals surface area contributed by atoms with Crippen molar-refractivity contribution < 1.29 is 9.53 Å². The summed E-state index contributed by atoms with van der Waals surface area (Å²) >= 11 is 0. The van der Waals surface area contributed by atoms with Crippen molar-refractivity contribution >= 4 is 22.6 Å². The van der Waals surface area contributed by atoms with Gasteiger partial charge in [0.25, 0.3) is 0 Å². The van der Waals surface area contributed by atoms with Gasteiger partial charge in [-0.05, 0) is 25.1 Å². The van der Waals surface area contributed by atoms with Gasteiger partial charge in [0.1, 0.15) is 6.04 Å². The number of benzene rings is 1. The lowest BCUT2D eigenvalue weighted by atomic mass is 10.1. The number of ether oxygens (including phenoxy) is 1. The van der Waals surface area contributed by atoms with Crippen LogP contribution in [0.15, 0.2) is 24.5 Å². The van der Waals surface area contributed by atoms with Crippen molar-refractivity contribution in [2.75, 3.05) is 18.5 Å². The van der Waals surface area contributed by atoms with E-state index in [9.17, 15) is 4.79 Å². The zero-order chi connectivity index (χ0) is 14.1. The number of hydrogen-bond donors (Lipinski definition) is 2. The third-order valence-electron chi connectivity index (χ3n) is 3.59. The number of rotatable bonds is 2. The number of carbonyl (C=O) groups excluding carboxylic acids is 1. The summed E-state index contributed by atoms with van der Waals surface area (Å²) in [5, 5.41) is 6.09. The highest BCUT2D eigenvalue weighted by Crippen LogP contribution is 2.18. The molecule has 0 radical (unpaired) electrons. The number of aryl methyl sites for hydroxylation is 1. The Morgan fingerprint density at radius 2 is 2.40 bits per heavy atom. The maximum absolute atomic E-state index is 12.2. The maximum Gasteiger partial charge on any atom is 0.244 e. The van der Waals surface area contributed by atoms with Crippen LogP contribution in [0.1, 0.15) is 6.92 Å². The second kappa shape index (κ2) is 5.22. The van der Waals surface area contributed by atoms with Gasteiger partial charge >= 0.3 is 0 Å². The Hall–Kier alpha value is -1.92. The van der Waals surface area contributed by atoms with Crippen molar-refractivity contribution in [2.45, 2.75) is 19.1 Å². The molecule has 2 atom stereocenters. The van der Waals surface area contributed by atoms with E-state index in [0.29, 0.717) is 13.2 Å². The summed E-state index contributed by atoms with van der Waals surface area (Å²) < 4.78 is 7.43. The molecule has 106 valence electrons. The topological polar surface area (TPSA) is 68.2 Å². The molecule has 1 aliphatic heterocycles. The molecule has 0 unspecified atom stereocenters. The lowest BCUT2D eigenvalue weighted by Crippen LogP contribution is -2.53. The Kier molecular flexibility index (Phi) is 3.42. The minimum atomic E-state index is -0.317. The monoisotopic (exact) mass is 274 g/mol. The smallest absolute Gasteiger partial charge is 0.244 e. The van der Waals surface area contributed by atoms with E-state index >= 15 is 0 Å². The SMILES string of the molecule is C[C@H]1OCCN[C@@H]1C(=O)Nc1ccc2c(c1)ncn2C. The average molecular weight is 274 g/mol. The summed E-state index contributed by atoms with van der Waals surface area (Å²) in [5.74, 6) is -0.0764. The summed E-state index contributed by atoms with van der Waals surface area (Å²) in [6, 6.07) is 5.40. The van der Waals surface area contributed by atoms with Gasteiger partial charge in [0.15, 0.2) is 0 Å². The Balaban J connectivity index is 1.76. The maximum atomic E-state index is 12.2. The van der Waals surface area contributed by atoms with Crippen LogP contribution in [0.25, 0.3) is 11.0 Å². The molecule has 2 heterocycles. The van der Waals surface area contributed by atoms with Crippen molar-refractivity contribution in [1.82, 2.24) is 14.9 Å². The quantitative estimate of drug-likeness (QED) is 0.853. The van der Waals surface area contributed by atoms with Crippen LogP contribution in [0.4, 0.5) is 5.69 Å². The molecule has 2 aromatic rings. The Bertz CT molecular complexity index is 637. The fraction of sp³-hybridized carbons (Fsp3) is 0.429. The molecule has 1 aromatic heterocycles. The molecule has 2 N–H and O–H groups in total. The number of anilines is 1. The normalized spacial score (nSPS) is 22.9. The van der Waals surface area contributed by atoms with E-state index in [1.807, 2.05) is 36.7 Å². The number of carbonyl (C=O) groups is 1. The molecule has 0 spiro atoms. The van der Waals surface area contributed by atoms with Gasteiger partial charge in [-0.25, -0.2) is 4.98 Å². The molecule has 0 saturated carbocycles. The van der Waals surface area contributed by atoms with E-state index in [2.05, 4.69) is 15.6 Å². The lowest BCUT2D eigenvalue weighted by molar-refractivity contribution is -0.123. The van der Waals surface area contributed by atoms with Gasteiger partial charge in [0, 0.05) is 19.3 Å². The molecule has 1 aliphatic rings. The van der Waals surface area contributed by atoms with Crippen molar-refractivity contribution in [3.05, 3.63) is 24.5 Å². The highest BCUT2D eigenvalue weighted by Gasteiger charge is 2.28. The standard InChI is InChI=1S/C14H18N4O2/c1-9-13(15-5-6-20-9)14(19)17-10-3-4-12-11(7-10)16-8-18(12)2/h3-4,7-9,13,15H,5-6H2,1-2H3,(H,17,19)/t9-,13+/m1/s1. The van der Waals surface area contributed by atoms with Gasteiger partial charge in [-0.2, -0.15) is 0 Å². The zero-order valence-corrected chi connectivity index (χ0v) is 11.6. The first kappa shape index (κ1) is 13.1. The summed E-state index contributed by atoms with van der Waals surface area (Å²) in [6.45, 7) is 3.24. The first-order valence-electron chi connectivity index (χ1n) is 6.72. The molecule has 20 heavy (non-hydrogen) atoms. The minimum Gasteiger partial charge on any atom is -0.375 e. The third-order valence-corrected chi connectivity index (χ3v) is 3.59. The van der Waals surface area contributed by atoms with Gasteiger partial charge < -0.3 is 19.9 Å². The molecule has 0 aliphatic carbocycles.